The summed E-state index contributed by atoms with van der Waals surface area (Å²) in [6.07, 6.45) is 3.23. The van der Waals surface area contributed by atoms with Gasteiger partial charge in [0.1, 0.15) is 16.9 Å². The highest BCUT2D eigenvalue weighted by molar-refractivity contribution is 7.13. The molecule has 1 N–H and O–H groups in total. The minimum atomic E-state index is -0.817. The molecule has 0 atom stereocenters. The van der Waals surface area contributed by atoms with Crippen LogP contribution in [0.5, 0.6) is 0 Å². The third kappa shape index (κ3) is 1.42. The number of carbonyl (C=O) groups is 1. The number of aryl methyl sites for hydroxylation is 1. The average Bonchev–Trinajstić information content (AvgIpc) is 2.91. The van der Waals surface area contributed by atoms with Crippen LogP contribution >= 0.6 is 11.5 Å². The van der Waals surface area contributed by atoms with Gasteiger partial charge in [0.25, 0.3) is 0 Å². The van der Waals surface area contributed by atoms with Gasteiger partial charge in [-0.05, 0) is 37.4 Å². The number of hydrogen-bond acceptors (Lipinski definition) is 4. The molecule has 0 radical (unpaired) electrons. The standard InChI is InChI=1S/C12H13NO3S/c1-7-6-8-9(16-7)10(13-17-8)12(11(14)15)4-2-3-5-12/h6H,2-5H2,1H3,(H,14,15). The molecule has 0 aromatic carbocycles. The van der Waals surface area contributed by atoms with Crippen molar-refractivity contribution >= 4 is 27.8 Å². The van der Waals surface area contributed by atoms with Gasteiger partial charge in [0.15, 0.2) is 5.58 Å². The normalized spacial score (nSPS) is 18.9. The Balaban J connectivity index is 2.21. The summed E-state index contributed by atoms with van der Waals surface area (Å²) in [5, 5.41) is 9.52. The van der Waals surface area contributed by atoms with Crippen molar-refractivity contribution in [2.75, 3.05) is 0 Å². The predicted molar refractivity (Wildman–Crippen MR) is 64.4 cm³/mol. The van der Waals surface area contributed by atoms with Crippen LogP contribution in [-0.2, 0) is 10.2 Å². The summed E-state index contributed by atoms with van der Waals surface area (Å²) in [6, 6.07) is 1.92. The minimum absolute atomic E-state index is 0.635. The Morgan fingerprint density at radius 2 is 2.24 bits per heavy atom. The number of fused-ring (bicyclic) bond motifs is 1. The SMILES string of the molecule is Cc1cc2snc(C3(C(=O)O)CCCC3)c2o1. The van der Waals surface area contributed by atoms with Gasteiger partial charge in [0, 0.05) is 0 Å². The van der Waals surface area contributed by atoms with Gasteiger partial charge in [-0.3, -0.25) is 4.79 Å². The van der Waals surface area contributed by atoms with Crippen molar-refractivity contribution in [3.05, 3.63) is 17.5 Å². The van der Waals surface area contributed by atoms with E-state index in [1.807, 2.05) is 13.0 Å². The Kier molecular flexibility index (Phi) is 2.26. The van der Waals surface area contributed by atoms with Crippen molar-refractivity contribution in [3.63, 3.8) is 0 Å². The van der Waals surface area contributed by atoms with E-state index in [1.165, 1.54) is 11.5 Å². The number of furan rings is 1. The first-order chi connectivity index (χ1) is 8.13. The molecule has 3 rings (SSSR count). The van der Waals surface area contributed by atoms with Crippen molar-refractivity contribution in [2.24, 2.45) is 0 Å². The largest absolute Gasteiger partial charge is 0.481 e. The molecular formula is C12H13NO3S. The third-order valence-corrected chi connectivity index (χ3v) is 4.37. The van der Waals surface area contributed by atoms with Gasteiger partial charge >= 0.3 is 5.97 Å². The highest BCUT2D eigenvalue weighted by Gasteiger charge is 2.46. The van der Waals surface area contributed by atoms with Crippen molar-refractivity contribution < 1.29 is 14.3 Å². The lowest BCUT2D eigenvalue weighted by molar-refractivity contribution is -0.143. The van der Waals surface area contributed by atoms with Gasteiger partial charge in [-0.15, -0.1) is 0 Å². The van der Waals surface area contributed by atoms with Crippen LogP contribution in [0.3, 0.4) is 0 Å². The van der Waals surface area contributed by atoms with Crippen LogP contribution in [0.15, 0.2) is 10.5 Å². The molecule has 5 heteroatoms. The van der Waals surface area contributed by atoms with Gasteiger partial charge in [0.2, 0.25) is 0 Å². The van der Waals surface area contributed by atoms with Crippen molar-refractivity contribution in [1.82, 2.24) is 4.37 Å². The first-order valence-electron chi connectivity index (χ1n) is 5.73. The van der Waals surface area contributed by atoms with Crippen LogP contribution in [0.25, 0.3) is 10.3 Å². The summed E-state index contributed by atoms with van der Waals surface area (Å²) in [4.78, 5) is 11.6. The van der Waals surface area contributed by atoms with Crippen molar-refractivity contribution in [3.8, 4) is 0 Å². The highest BCUT2D eigenvalue weighted by atomic mass is 32.1. The minimum Gasteiger partial charge on any atom is -0.481 e. The molecule has 0 unspecified atom stereocenters. The topological polar surface area (TPSA) is 63.3 Å². The van der Waals surface area contributed by atoms with E-state index in [0.717, 1.165) is 23.3 Å². The number of hydrogen-bond donors (Lipinski definition) is 1. The van der Waals surface area contributed by atoms with Crippen molar-refractivity contribution in [2.45, 2.75) is 38.0 Å². The Morgan fingerprint density at radius 1 is 1.53 bits per heavy atom. The fourth-order valence-corrected chi connectivity index (χ4v) is 3.58. The maximum Gasteiger partial charge on any atom is 0.315 e. The molecule has 2 aromatic rings. The lowest BCUT2D eigenvalue weighted by Crippen LogP contribution is -2.33. The van der Waals surface area contributed by atoms with Gasteiger partial charge < -0.3 is 9.52 Å². The highest BCUT2D eigenvalue weighted by Crippen LogP contribution is 2.44. The molecule has 1 saturated carbocycles. The Morgan fingerprint density at radius 3 is 2.88 bits per heavy atom. The van der Waals surface area contributed by atoms with E-state index in [4.69, 9.17) is 4.42 Å². The van der Waals surface area contributed by atoms with Crippen LogP contribution in [0.2, 0.25) is 0 Å². The first-order valence-corrected chi connectivity index (χ1v) is 6.50. The predicted octanol–water partition coefficient (Wildman–Crippen LogP) is 3.09. The molecule has 0 spiro atoms. The number of rotatable bonds is 2. The average molecular weight is 251 g/mol. The number of nitrogens with zero attached hydrogens (tertiary/aromatic N) is 1. The molecule has 17 heavy (non-hydrogen) atoms. The maximum absolute atomic E-state index is 11.6. The number of carboxylic acids is 1. The fraction of sp³-hybridized carbons (Fsp3) is 0.500. The Bertz CT molecular complexity index is 578. The number of aromatic nitrogens is 1. The van der Waals surface area contributed by atoms with E-state index >= 15 is 0 Å². The number of aliphatic carboxylic acids is 1. The lowest BCUT2D eigenvalue weighted by Gasteiger charge is -2.20. The van der Waals surface area contributed by atoms with Crippen LogP contribution in [0.1, 0.15) is 37.1 Å². The molecule has 1 aliphatic rings. The maximum atomic E-state index is 11.6. The molecule has 4 nitrogen and oxygen atoms in total. The smallest absolute Gasteiger partial charge is 0.315 e. The zero-order valence-electron chi connectivity index (χ0n) is 9.52. The second kappa shape index (κ2) is 3.57. The Labute approximate surface area is 102 Å². The second-order valence-electron chi connectivity index (χ2n) is 4.68. The summed E-state index contributed by atoms with van der Waals surface area (Å²) in [6.45, 7) is 1.87. The second-order valence-corrected chi connectivity index (χ2v) is 5.48. The van der Waals surface area contributed by atoms with E-state index in [0.29, 0.717) is 24.1 Å². The molecule has 1 aliphatic carbocycles. The van der Waals surface area contributed by atoms with Crippen LogP contribution in [-0.4, -0.2) is 15.4 Å². The molecule has 0 amide bonds. The summed E-state index contributed by atoms with van der Waals surface area (Å²) in [5.41, 5.74) is 0.495. The van der Waals surface area contributed by atoms with Crippen molar-refractivity contribution in [1.29, 1.82) is 0 Å². The van der Waals surface area contributed by atoms with E-state index in [9.17, 15) is 9.90 Å². The zero-order chi connectivity index (χ0) is 12.0. The van der Waals surface area contributed by atoms with Gasteiger partial charge in [0.05, 0.1) is 4.70 Å². The summed E-state index contributed by atoms with van der Waals surface area (Å²) in [7, 11) is 0. The summed E-state index contributed by atoms with van der Waals surface area (Å²) in [5.74, 6) is 0.0460. The summed E-state index contributed by atoms with van der Waals surface area (Å²) >= 11 is 1.33. The van der Waals surface area contributed by atoms with Gasteiger partial charge in [-0.1, -0.05) is 12.8 Å². The monoisotopic (exact) mass is 251 g/mol. The molecule has 0 bridgehead atoms. The number of carboxylic acid groups (broad SMARTS) is 1. The van der Waals surface area contributed by atoms with Gasteiger partial charge in [-0.2, -0.15) is 4.37 Å². The van der Waals surface area contributed by atoms with E-state index < -0.39 is 11.4 Å². The quantitative estimate of drug-likeness (QED) is 0.890. The van der Waals surface area contributed by atoms with Gasteiger partial charge in [-0.25, -0.2) is 0 Å². The zero-order valence-corrected chi connectivity index (χ0v) is 10.3. The fourth-order valence-electron chi connectivity index (χ4n) is 2.70. The third-order valence-electron chi connectivity index (χ3n) is 3.59. The van der Waals surface area contributed by atoms with E-state index in [1.54, 1.807) is 0 Å². The Hall–Kier alpha value is -1.36. The molecular weight excluding hydrogens is 238 g/mol. The molecule has 0 saturated heterocycles. The van der Waals surface area contributed by atoms with Crippen LogP contribution in [0.4, 0.5) is 0 Å². The molecule has 2 aromatic heterocycles. The van der Waals surface area contributed by atoms with E-state index in [2.05, 4.69) is 4.37 Å². The van der Waals surface area contributed by atoms with Crippen LogP contribution < -0.4 is 0 Å². The first kappa shape index (κ1) is 10.8. The van der Waals surface area contributed by atoms with E-state index in [-0.39, 0.29) is 0 Å². The molecule has 2 heterocycles. The lowest BCUT2D eigenvalue weighted by atomic mass is 9.82. The van der Waals surface area contributed by atoms with Crippen LogP contribution in [0, 0.1) is 6.92 Å². The summed E-state index contributed by atoms with van der Waals surface area (Å²) < 4.78 is 10.9. The molecule has 1 fully saturated rings. The molecule has 0 aliphatic heterocycles. The molecule has 90 valence electrons.